The summed E-state index contributed by atoms with van der Waals surface area (Å²) in [7, 11) is 0. The number of thioether (sulfide) groups is 1. The lowest BCUT2D eigenvalue weighted by molar-refractivity contribution is -0.116. The average Bonchev–Trinajstić information content (AvgIpc) is 3.12. The number of phenols is 1. The summed E-state index contributed by atoms with van der Waals surface area (Å²) < 4.78 is 0. The smallest absolute Gasteiger partial charge is 0.283 e. The number of hydrogen-bond donors (Lipinski definition) is 2. The number of aryl methyl sites for hydroxylation is 1. The zero-order chi connectivity index (χ0) is 23.2. The van der Waals surface area contributed by atoms with E-state index in [-0.39, 0.29) is 29.7 Å². The number of amides is 2. The molecular weight excluding hydrogens is 434 g/mol. The lowest BCUT2D eigenvalue weighted by Crippen LogP contribution is -2.30. The fraction of sp³-hybridized carbons (Fsp3) is 0.115. The molecule has 1 aliphatic heterocycles. The van der Waals surface area contributed by atoms with Crippen molar-refractivity contribution >= 4 is 46.2 Å². The zero-order valence-electron chi connectivity index (χ0n) is 18.1. The molecule has 0 aromatic heterocycles. The summed E-state index contributed by atoms with van der Waals surface area (Å²) in [5.41, 5.74) is 3.32. The molecule has 0 saturated heterocycles. The van der Waals surface area contributed by atoms with Crippen LogP contribution in [0.3, 0.4) is 0 Å². The number of nitrogens with zero attached hydrogens (tertiary/aromatic N) is 2. The molecule has 0 spiro atoms. The van der Waals surface area contributed by atoms with Crippen LogP contribution in [-0.4, -0.2) is 27.8 Å². The molecule has 166 valence electrons. The van der Waals surface area contributed by atoms with Crippen molar-refractivity contribution in [2.45, 2.75) is 13.3 Å². The molecule has 0 aliphatic carbocycles. The van der Waals surface area contributed by atoms with Gasteiger partial charge in [-0.1, -0.05) is 65.9 Å². The molecule has 2 N–H and O–H groups in total. The van der Waals surface area contributed by atoms with Crippen LogP contribution >= 0.6 is 11.8 Å². The molecule has 1 heterocycles. The maximum absolute atomic E-state index is 13.2. The highest BCUT2D eigenvalue weighted by Gasteiger charge is 2.32. The molecule has 2 amide bonds. The molecule has 7 heteroatoms. The topological polar surface area (TPSA) is 82.0 Å². The van der Waals surface area contributed by atoms with Gasteiger partial charge in [-0.2, -0.15) is 0 Å². The number of phenolic OH excluding ortho intramolecular Hbond substituents is 1. The van der Waals surface area contributed by atoms with Crippen LogP contribution in [0.15, 0.2) is 89.6 Å². The lowest BCUT2D eigenvalue weighted by atomic mass is 10.1. The van der Waals surface area contributed by atoms with E-state index >= 15 is 0 Å². The number of aromatic hydroxyl groups is 1. The number of amidine groups is 1. The Morgan fingerprint density at radius 3 is 2.45 bits per heavy atom. The van der Waals surface area contributed by atoms with Crippen LogP contribution in [0.2, 0.25) is 0 Å². The van der Waals surface area contributed by atoms with Crippen molar-refractivity contribution in [2.24, 2.45) is 4.99 Å². The van der Waals surface area contributed by atoms with Crippen molar-refractivity contribution in [3.63, 3.8) is 0 Å². The first-order valence-electron chi connectivity index (χ1n) is 10.5. The number of hydrogen-bond acceptors (Lipinski definition) is 5. The van der Waals surface area contributed by atoms with Gasteiger partial charge in [0.2, 0.25) is 5.91 Å². The molecule has 0 fully saturated rings. The number of benzene rings is 3. The molecule has 1 aliphatic rings. The maximum Gasteiger partial charge on any atom is 0.283 e. The van der Waals surface area contributed by atoms with Gasteiger partial charge in [-0.05, 0) is 43.3 Å². The number of rotatable bonds is 6. The van der Waals surface area contributed by atoms with E-state index < -0.39 is 0 Å². The fourth-order valence-electron chi connectivity index (χ4n) is 3.25. The van der Waals surface area contributed by atoms with E-state index in [1.807, 2.05) is 61.5 Å². The van der Waals surface area contributed by atoms with E-state index in [2.05, 4.69) is 10.3 Å². The number of anilines is 2. The van der Waals surface area contributed by atoms with Crippen LogP contribution in [0.25, 0.3) is 6.08 Å². The minimum absolute atomic E-state index is 0.0770. The van der Waals surface area contributed by atoms with Gasteiger partial charge >= 0.3 is 0 Å². The Kier molecular flexibility index (Phi) is 6.90. The summed E-state index contributed by atoms with van der Waals surface area (Å²) in [5, 5.41) is 13.5. The van der Waals surface area contributed by atoms with Gasteiger partial charge in [-0.3, -0.25) is 14.5 Å². The first kappa shape index (κ1) is 22.4. The van der Waals surface area contributed by atoms with Gasteiger partial charge in [0.25, 0.3) is 5.91 Å². The number of aliphatic imine (C=N–C) groups is 1. The van der Waals surface area contributed by atoms with Crippen molar-refractivity contribution in [1.29, 1.82) is 0 Å². The average molecular weight is 458 g/mol. The third-order valence-electron chi connectivity index (χ3n) is 4.97. The van der Waals surface area contributed by atoms with Gasteiger partial charge < -0.3 is 10.4 Å². The summed E-state index contributed by atoms with van der Waals surface area (Å²) in [5.74, 6) is 0.147. The highest BCUT2D eigenvalue weighted by molar-refractivity contribution is 8.14. The Bertz CT molecular complexity index is 1220. The van der Waals surface area contributed by atoms with Crippen molar-refractivity contribution in [1.82, 2.24) is 0 Å². The summed E-state index contributed by atoms with van der Waals surface area (Å²) >= 11 is 1.34. The predicted molar refractivity (Wildman–Crippen MR) is 134 cm³/mol. The Morgan fingerprint density at radius 2 is 1.73 bits per heavy atom. The third-order valence-corrected chi connectivity index (χ3v) is 5.91. The SMILES string of the molecule is Cc1ccc(NC(=O)CCSC2=N/C(=C/c3ccccc3O)C(=O)N2c2ccccc2)cc1. The first-order chi connectivity index (χ1) is 16.0. The largest absolute Gasteiger partial charge is 0.507 e. The van der Waals surface area contributed by atoms with Crippen LogP contribution in [-0.2, 0) is 9.59 Å². The van der Waals surface area contributed by atoms with Crippen molar-refractivity contribution in [2.75, 3.05) is 16.0 Å². The highest BCUT2D eigenvalue weighted by atomic mass is 32.2. The molecule has 0 bridgehead atoms. The van der Waals surface area contributed by atoms with Crippen molar-refractivity contribution < 1.29 is 14.7 Å². The third kappa shape index (κ3) is 5.51. The molecule has 0 atom stereocenters. The molecule has 3 aromatic carbocycles. The number of carbonyl (C=O) groups is 2. The lowest BCUT2D eigenvalue weighted by Gasteiger charge is -2.17. The van der Waals surface area contributed by atoms with Gasteiger partial charge in [0, 0.05) is 23.4 Å². The summed E-state index contributed by atoms with van der Waals surface area (Å²) in [6, 6.07) is 23.7. The van der Waals surface area contributed by atoms with Gasteiger partial charge in [0.1, 0.15) is 11.4 Å². The monoisotopic (exact) mass is 457 g/mol. The van der Waals surface area contributed by atoms with E-state index in [4.69, 9.17) is 0 Å². The highest BCUT2D eigenvalue weighted by Crippen LogP contribution is 2.30. The molecule has 0 radical (unpaired) electrons. The van der Waals surface area contributed by atoms with Crippen molar-refractivity contribution in [3.8, 4) is 5.75 Å². The van der Waals surface area contributed by atoms with Crippen LogP contribution < -0.4 is 10.2 Å². The molecule has 6 nitrogen and oxygen atoms in total. The van der Waals surface area contributed by atoms with E-state index in [0.29, 0.717) is 22.2 Å². The van der Waals surface area contributed by atoms with Gasteiger partial charge in [0.15, 0.2) is 5.17 Å². The molecule has 3 aromatic rings. The van der Waals surface area contributed by atoms with E-state index in [1.165, 1.54) is 16.7 Å². The number of nitrogens with one attached hydrogen (secondary N) is 1. The van der Waals surface area contributed by atoms with E-state index in [0.717, 1.165) is 11.3 Å². The normalized spacial score (nSPS) is 14.5. The Morgan fingerprint density at radius 1 is 1.03 bits per heavy atom. The second-order valence-corrected chi connectivity index (χ2v) is 8.53. The van der Waals surface area contributed by atoms with E-state index in [9.17, 15) is 14.7 Å². The fourth-order valence-corrected chi connectivity index (χ4v) is 4.20. The molecule has 33 heavy (non-hydrogen) atoms. The van der Waals surface area contributed by atoms with Crippen LogP contribution in [0.5, 0.6) is 5.75 Å². The Hall–Kier alpha value is -3.84. The first-order valence-corrected chi connectivity index (χ1v) is 11.5. The van der Waals surface area contributed by atoms with Crippen LogP contribution in [0.1, 0.15) is 17.5 Å². The minimum atomic E-state index is -0.281. The molecule has 0 saturated carbocycles. The quantitative estimate of drug-likeness (QED) is 0.498. The second-order valence-electron chi connectivity index (χ2n) is 7.47. The summed E-state index contributed by atoms with van der Waals surface area (Å²) in [6.07, 6.45) is 1.85. The predicted octanol–water partition coefficient (Wildman–Crippen LogP) is 5.21. The number of carbonyl (C=O) groups excluding carboxylic acids is 2. The van der Waals surface area contributed by atoms with E-state index in [1.54, 1.807) is 30.3 Å². The zero-order valence-corrected chi connectivity index (χ0v) is 18.9. The molecular formula is C26H23N3O3S. The molecule has 4 rings (SSSR count). The Labute approximate surface area is 196 Å². The van der Waals surface area contributed by atoms with Crippen LogP contribution in [0, 0.1) is 6.92 Å². The Balaban J connectivity index is 1.49. The van der Waals surface area contributed by atoms with Gasteiger partial charge in [-0.15, -0.1) is 0 Å². The standard InChI is InChI=1S/C26H23N3O3S/c1-18-11-13-20(14-12-18)27-24(31)15-16-33-26-28-22(17-19-7-5-6-10-23(19)30)25(32)29(26)21-8-3-2-4-9-21/h2-14,17,30H,15-16H2,1H3,(H,27,31)/b22-17+. The molecule has 0 unspecified atom stereocenters. The number of para-hydroxylation sites is 2. The van der Waals surface area contributed by atoms with Gasteiger partial charge in [-0.25, -0.2) is 4.99 Å². The summed E-state index contributed by atoms with van der Waals surface area (Å²) in [6.45, 7) is 1.99. The van der Waals surface area contributed by atoms with Crippen molar-refractivity contribution in [3.05, 3.63) is 95.7 Å². The maximum atomic E-state index is 13.2. The summed E-state index contributed by atoms with van der Waals surface area (Å²) in [4.78, 5) is 31.6. The van der Waals surface area contributed by atoms with Gasteiger partial charge in [0.05, 0.1) is 5.69 Å². The van der Waals surface area contributed by atoms with Crippen LogP contribution in [0.4, 0.5) is 11.4 Å². The minimum Gasteiger partial charge on any atom is -0.507 e. The second kappa shape index (κ2) is 10.2.